The summed E-state index contributed by atoms with van der Waals surface area (Å²) in [4.78, 5) is 0. The number of anilines is 1. The monoisotopic (exact) mass is 363 g/mol. The largest absolute Gasteiger partial charge is 0.398 e. The van der Waals surface area contributed by atoms with Gasteiger partial charge < -0.3 is 5.73 Å². The van der Waals surface area contributed by atoms with Crippen LogP contribution in [0.3, 0.4) is 0 Å². The normalized spacial score (nSPS) is 10.8. The minimum atomic E-state index is 0.611. The Morgan fingerprint density at radius 2 is 2.05 bits per heavy atom. The smallest absolute Gasteiger partial charge is 0.188 e. The summed E-state index contributed by atoms with van der Waals surface area (Å²) in [6.07, 6.45) is 0. The van der Waals surface area contributed by atoms with Crippen LogP contribution < -0.4 is 5.73 Å². The van der Waals surface area contributed by atoms with E-state index in [0.717, 1.165) is 21.3 Å². The van der Waals surface area contributed by atoms with E-state index in [9.17, 15) is 0 Å². The van der Waals surface area contributed by atoms with Gasteiger partial charge in [-0.3, -0.25) is 0 Å². The van der Waals surface area contributed by atoms with Crippen molar-refractivity contribution in [2.24, 2.45) is 0 Å². The molecule has 5 nitrogen and oxygen atoms in total. The van der Waals surface area contributed by atoms with Crippen molar-refractivity contribution in [1.29, 1.82) is 0 Å². The van der Waals surface area contributed by atoms with Gasteiger partial charge >= 0.3 is 0 Å². The molecule has 0 saturated carbocycles. The number of nitrogens with two attached hydrogens (primary N) is 1. The number of hydrogen-bond acceptors (Lipinski definition) is 4. The summed E-state index contributed by atoms with van der Waals surface area (Å²) in [7, 11) is 0. The highest BCUT2D eigenvalue weighted by Crippen LogP contribution is 2.32. The van der Waals surface area contributed by atoms with Gasteiger partial charge in [-0.1, -0.05) is 17.7 Å². The molecule has 1 heterocycles. The van der Waals surface area contributed by atoms with Crippen LogP contribution in [0.5, 0.6) is 0 Å². The summed E-state index contributed by atoms with van der Waals surface area (Å²) in [5.41, 5.74) is 9.24. The lowest BCUT2D eigenvalue weighted by atomic mass is 10.1. The lowest BCUT2D eigenvalue weighted by Crippen LogP contribution is -2.03. The number of rotatable bonds is 2. The van der Waals surface area contributed by atoms with Gasteiger partial charge in [-0.2, -0.15) is 4.68 Å². The third kappa shape index (κ3) is 2.52. The van der Waals surface area contributed by atoms with Crippen molar-refractivity contribution < 1.29 is 0 Å². The van der Waals surface area contributed by atoms with Crippen LogP contribution >= 0.6 is 27.5 Å². The Bertz CT molecular complexity index is 815. The maximum absolute atomic E-state index is 6.00. The third-order valence-corrected chi connectivity index (χ3v) is 4.25. The molecule has 3 aromatic rings. The highest BCUT2D eigenvalue weighted by Gasteiger charge is 2.16. The number of halogens is 2. The van der Waals surface area contributed by atoms with E-state index in [1.807, 2.05) is 43.3 Å². The molecule has 0 spiro atoms. The van der Waals surface area contributed by atoms with Crippen molar-refractivity contribution in [2.45, 2.75) is 6.92 Å². The topological polar surface area (TPSA) is 69.6 Å². The Morgan fingerprint density at radius 1 is 1.24 bits per heavy atom. The quantitative estimate of drug-likeness (QED) is 0.705. The van der Waals surface area contributed by atoms with Gasteiger partial charge in [-0.05, 0) is 69.2 Å². The highest BCUT2D eigenvalue weighted by atomic mass is 79.9. The van der Waals surface area contributed by atoms with Crippen LogP contribution in [-0.4, -0.2) is 20.2 Å². The number of nitrogen functional groups attached to an aromatic ring is 1. The van der Waals surface area contributed by atoms with Crippen molar-refractivity contribution in [2.75, 3.05) is 5.73 Å². The average Bonchev–Trinajstić information content (AvgIpc) is 2.91. The lowest BCUT2D eigenvalue weighted by Gasteiger charge is -2.10. The molecule has 2 aromatic carbocycles. The Kier molecular flexibility index (Phi) is 3.65. The predicted molar refractivity (Wildman–Crippen MR) is 86.4 cm³/mol. The number of hydrogen-bond donors (Lipinski definition) is 1. The first-order chi connectivity index (χ1) is 10.1. The molecule has 106 valence electrons. The van der Waals surface area contributed by atoms with E-state index >= 15 is 0 Å². The zero-order valence-corrected chi connectivity index (χ0v) is 13.4. The first kappa shape index (κ1) is 14.0. The van der Waals surface area contributed by atoms with E-state index in [0.29, 0.717) is 16.5 Å². The summed E-state index contributed by atoms with van der Waals surface area (Å²) in [6, 6.07) is 11.2. The maximum Gasteiger partial charge on any atom is 0.188 e. The Morgan fingerprint density at radius 3 is 2.81 bits per heavy atom. The molecule has 0 aliphatic carbocycles. The highest BCUT2D eigenvalue weighted by molar-refractivity contribution is 9.10. The summed E-state index contributed by atoms with van der Waals surface area (Å²) >= 11 is 9.48. The fourth-order valence-corrected chi connectivity index (χ4v) is 2.76. The Hall–Kier alpha value is -1.92. The molecule has 0 atom stereocenters. The summed E-state index contributed by atoms with van der Waals surface area (Å²) in [6.45, 7) is 1.96. The van der Waals surface area contributed by atoms with Crippen LogP contribution in [-0.2, 0) is 0 Å². The van der Waals surface area contributed by atoms with Gasteiger partial charge in [0.05, 0.1) is 10.2 Å². The van der Waals surface area contributed by atoms with Crippen LogP contribution in [0.1, 0.15) is 5.56 Å². The van der Waals surface area contributed by atoms with Gasteiger partial charge in [0, 0.05) is 16.3 Å². The minimum Gasteiger partial charge on any atom is -0.398 e. The minimum absolute atomic E-state index is 0.611. The molecule has 1 aromatic heterocycles. The first-order valence-electron chi connectivity index (χ1n) is 6.17. The van der Waals surface area contributed by atoms with Crippen LogP contribution in [0.25, 0.3) is 17.1 Å². The van der Waals surface area contributed by atoms with Gasteiger partial charge in [-0.15, -0.1) is 5.10 Å². The molecule has 21 heavy (non-hydrogen) atoms. The molecule has 3 rings (SSSR count). The third-order valence-electron chi connectivity index (χ3n) is 3.13. The molecular formula is C14H11BrClN5. The fraction of sp³-hybridized carbons (Fsp3) is 0.0714. The average molecular weight is 365 g/mol. The summed E-state index contributed by atoms with van der Waals surface area (Å²) < 4.78 is 2.44. The van der Waals surface area contributed by atoms with Crippen LogP contribution in [0.4, 0.5) is 5.69 Å². The molecule has 0 unspecified atom stereocenters. The van der Waals surface area contributed by atoms with Crippen molar-refractivity contribution in [3.63, 3.8) is 0 Å². The zero-order chi connectivity index (χ0) is 15.0. The zero-order valence-electron chi connectivity index (χ0n) is 11.1. The first-order valence-corrected chi connectivity index (χ1v) is 7.34. The number of aromatic nitrogens is 4. The molecule has 0 fully saturated rings. The second-order valence-corrected chi connectivity index (χ2v) is 5.78. The second kappa shape index (κ2) is 5.46. The maximum atomic E-state index is 6.00. The van der Waals surface area contributed by atoms with Crippen LogP contribution in [0, 0.1) is 6.92 Å². The molecule has 0 saturated heterocycles. The van der Waals surface area contributed by atoms with Crippen LogP contribution in [0.15, 0.2) is 40.9 Å². The van der Waals surface area contributed by atoms with Gasteiger partial charge in [0.2, 0.25) is 0 Å². The van der Waals surface area contributed by atoms with E-state index in [4.69, 9.17) is 17.3 Å². The predicted octanol–water partition coefficient (Wildman–Crippen LogP) is 3.64. The Labute approximate surface area is 134 Å². The number of aryl methyl sites for hydroxylation is 1. The Balaban J connectivity index is 2.20. The molecule has 7 heteroatoms. The van der Waals surface area contributed by atoms with Gasteiger partial charge in [0.1, 0.15) is 0 Å². The van der Waals surface area contributed by atoms with E-state index in [1.54, 1.807) is 4.68 Å². The van der Waals surface area contributed by atoms with Gasteiger partial charge in [0.25, 0.3) is 0 Å². The SMILES string of the molecule is Cc1cc(Cl)ccc1-n1nnnc1-c1cccc(N)c1Br. The second-order valence-electron chi connectivity index (χ2n) is 4.55. The van der Waals surface area contributed by atoms with E-state index < -0.39 is 0 Å². The molecular weight excluding hydrogens is 354 g/mol. The van der Waals surface area contributed by atoms with E-state index in [2.05, 4.69) is 31.5 Å². The molecule has 0 aliphatic rings. The van der Waals surface area contributed by atoms with E-state index in [1.165, 1.54) is 0 Å². The molecule has 0 aliphatic heterocycles. The molecule has 0 bridgehead atoms. The number of tetrazole rings is 1. The van der Waals surface area contributed by atoms with Gasteiger partial charge in [-0.25, -0.2) is 0 Å². The molecule has 0 radical (unpaired) electrons. The number of benzene rings is 2. The fourth-order valence-electron chi connectivity index (χ4n) is 2.10. The van der Waals surface area contributed by atoms with Crippen LogP contribution in [0.2, 0.25) is 5.02 Å². The molecule has 0 amide bonds. The summed E-state index contributed by atoms with van der Waals surface area (Å²) in [5, 5.41) is 12.6. The standard InChI is InChI=1S/C14H11BrClN5/c1-8-7-9(16)5-6-12(8)21-14(18-19-20-21)10-3-2-4-11(17)13(10)15/h2-7H,17H2,1H3. The lowest BCUT2D eigenvalue weighted by molar-refractivity contribution is 0.787. The summed E-state index contributed by atoms with van der Waals surface area (Å²) in [5.74, 6) is 0.611. The van der Waals surface area contributed by atoms with Gasteiger partial charge in [0.15, 0.2) is 5.82 Å². The van der Waals surface area contributed by atoms with Crippen molar-refractivity contribution in [3.05, 3.63) is 51.5 Å². The number of nitrogens with zero attached hydrogens (tertiary/aromatic N) is 4. The van der Waals surface area contributed by atoms with E-state index in [-0.39, 0.29) is 0 Å². The van der Waals surface area contributed by atoms with Crippen molar-refractivity contribution in [3.8, 4) is 17.1 Å². The van der Waals surface area contributed by atoms with Crippen molar-refractivity contribution >= 4 is 33.2 Å². The molecule has 2 N–H and O–H groups in total. The van der Waals surface area contributed by atoms with Crippen molar-refractivity contribution in [1.82, 2.24) is 20.2 Å².